The summed E-state index contributed by atoms with van der Waals surface area (Å²) in [4.78, 5) is 2.45. The van der Waals surface area contributed by atoms with E-state index < -0.39 is 0 Å². The summed E-state index contributed by atoms with van der Waals surface area (Å²) >= 11 is 0. The van der Waals surface area contributed by atoms with Crippen LogP contribution in [0.5, 0.6) is 0 Å². The van der Waals surface area contributed by atoms with Gasteiger partial charge in [-0.15, -0.1) is 0 Å². The normalized spacial score (nSPS) is 14.9. The lowest BCUT2D eigenvalue weighted by Gasteiger charge is -2.20. The van der Waals surface area contributed by atoms with Gasteiger partial charge in [0.15, 0.2) is 0 Å². The number of fused-ring (bicyclic) bond motifs is 1. The minimum absolute atomic E-state index is 0.229. The number of halogens is 1. The topological polar surface area (TPSA) is 21.1 Å². The van der Waals surface area contributed by atoms with Crippen LogP contribution in [0, 0.1) is 12.7 Å². The van der Waals surface area contributed by atoms with Crippen molar-refractivity contribution in [3.63, 3.8) is 0 Å². The molecule has 3 nitrogen and oxygen atoms in total. The zero-order chi connectivity index (χ0) is 15.1. The van der Waals surface area contributed by atoms with E-state index in [0.29, 0.717) is 0 Å². The van der Waals surface area contributed by atoms with Gasteiger partial charge >= 0.3 is 0 Å². The minimum Gasteiger partial charge on any atom is -0.371 e. The first-order valence-electron chi connectivity index (χ1n) is 7.72. The largest absolute Gasteiger partial charge is 0.371 e. The van der Waals surface area contributed by atoms with Gasteiger partial charge in [0.2, 0.25) is 0 Å². The van der Waals surface area contributed by atoms with E-state index in [0.717, 1.165) is 29.7 Å². The van der Waals surface area contributed by atoms with E-state index in [1.54, 1.807) is 12.1 Å². The highest BCUT2D eigenvalue weighted by atomic mass is 19.1. The highest BCUT2D eigenvalue weighted by Crippen LogP contribution is 2.30. The fourth-order valence-electron chi connectivity index (χ4n) is 3.25. The zero-order valence-electron chi connectivity index (χ0n) is 12.6. The van der Waals surface area contributed by atoms with Crippen molar-refractivity contribution in [1.82, 2.24) is 9.78 Å². The van der Waals surface area contributed by atoms with Crippen molar-refractivity contribution < 1.29 is 4.39 Å². The monoisotopic (exact) mass is 295 g/mol. The predicted molar refractivity (Wildman–Crippen MR) is 87.2 cm³/mol. The second-order valence-corrected chi connectivity index (χ2v) is 5.92. The fraction of sp³-hybridized carbons (Fsp3) is 0.278. The Hall–Kier alpha value is -2.36. The molecule has 0 N–H and O–H groups in total. The molecule has 1 fully saturated rings. The molecule has 112 valence electrons. The van der Waals surface area contributed by atoms with E-state index in [-0.39, 0.29) is 5.82 Å². The molecule has 0 bridgehead atoms. The van der Waals surface area contributed by atoms with Crippen LogP contribution in [0.3, 0.4) is 0 Å². The molecule has 1 saturated heterocycles. The van der Waals surface area contributed by atoms with E-state index in [9.17, 15) is 4.39 Å². The third-order valence-corrected chi connectivity index (χ3v) is 4.40. The molecule has 0 unspecified atom stereocenters. The first-order chi connectivity index (χ1) is 10.7. The molecule has 0 saturated carbocycles. The van der Waals surface area contributed by atoms with Gasteiger partial charge in [-0.25, -0.2) is 9.07 Å². The molecular formula is C18H18FN3. The van der Waals surface area contributed by atoms with E-state index >= 15 is 0 Å². The highest BCUT2D eigenvalue weighted by molar-refractivity contribution is 5.85. The summed E-state index contributed by atoms with van der Waals surface area (Å²) in [5.74, 6) is -0.229. The van der Waals surface area contributed by atoms with Crippen molar-refractivity contribution in [2.75, 3.05) is 18.0 Å². The van der Waals surface area contributed by atoms with Crippen molar-refractivity contribution in [3.05, 3.63) is 54.0 Å². The van der Waals surface area contributed by atoms with Gasteiger partial charge in [0.1, 0.15) is 5.82 Å². The van der Waals surface area contributed by atoms with Crippen LogP contribution < -0.4 is 4.90 Å². The van der Waals surface area contributed by atoms with Crippen molar-refractivity contribution in [2.24, 2.45) is 0 Å². The van der Waals surface area contributed by atoms with Crippen LogP contribution in [0.1, 0.15) is 18.4 Å². The van der Waals surface area contributed by atoms with Crippen LogP contribution >= 0.6 is 0 Å². The van der Waals surface area contributed by atoms with Gasteiger partial charge in [0, 0.05) is 24.2 Å². The Morgan fingerprint density at radius 3 is 2.50 bits per heavy atom. The Morgan fingerprint density at radius 2 is 1.77 bits per heavy atom. The van der Waals surface area contributed by atoms with Crippen molar-refractivity contribution in [1.29, 1.82) is 0 Å². The molecule has 1 aliphatic heterocycles. The number of anilines is 1. The number of nitrogens with zero attached hydrogens (tertiary/aromatic N) is 3. The quantitative estimate of drug-likeness (QED) is 0.710. The molecule has 0 atom stereocenters. The average molecular weight is 295 g/mol. The van der Waals surface area contributed by atoms with Crippen LogP contribution in [-0.2, 0) is 0 Å². The molecule has 22 heavy (non-hydrogen) atoms. The van der Waals surface area contributed by atoms with Crippen LogP contribution in [0.25, 0.3) is 16.6 Å². The Kier molecular flexibility index (Phi) is 3.10. The number of benzene rings is 2. The molecule has 0 aliphatic carbocycles. The Morgan fingerprint density at radius 1 is 1.05 bits per heavy atom. The maximum absolute atomic E-state index is 13.1. The highest BCUT2D eigenvalue weighted by Gasteiger charge is 2.16. The van der Waals surface area contributed by atoms with Crippen molar-refractivity contribution >= 4 is 16.6 Å². The van der Waals surface area contributed by atoms with Gasteiger partial charge in [0.25, 0.3) is 0 Å². The van der Waals surface area contributed by atoms with E-state index in [1.807, 2.05) is 10.9 Å². The van der Waals surface area contributed by atoms with Crippen LogP contribution in [-0.4, -0.2) is 22.9 Å². The summed E-state index contributed by atoms with van der Waals surface area (Å²) in [5.41, 5.74) is 4.51. The standard InChI is InChI=1S/C18H18FN3/c1-13-10-18-14(11-17(13)21-8-2-3-9-21)12-20-22(18)16-6-4-15(19)5-7-16/h4-7,10-12H,2-3,8-9H2,1H3. The van der Waals surface area contributed by atoms with Crippen LogP contribution in [0.2, 0.25) is 0 Å². The second kappa shape index (κ2) is 5.13. The maximum Gasteiger partial charge on any atom is 0.123 e. The molecule has 1 aliphatic rings. The predicted octanol–water partition coefficient (Wildman–Crippen LogP) is 4.07. The Bertz CT molecular complexity index is 814. The molecule has 4 rings (SSSR count). The van der Waals surface area contributed by atoms with Gasteiger partial charge in [-0.1, -0.05) is 0 Å². The smallest absolute Gasteiger partial charge is 0.123 e. The van der Waals surface area contributed by atoms with Crippen molar-refractivity contribution in [3.8, 4) is 5.69 Å². The molecule has 4 heteroatoms. The third kappa shape index (κ3) is 2.15. The lowest BCUT2D eigenvalue weighted by molar-refractivity contribution is 0.627. The van der Waals surface area contributed by atoms with Gasteiger partial charge in [0.05, 0.1) is 17.4 Å². The van der Waals surface area contributed by atoms with Gasteiger partial charge in [-0.2, -0.15) is 5.10 Å². The molecule has 0 spiro atoms. The second-order valence-electron chi connectivity index (χ2n) is 5.92. The zero-order valence-corrected chi connectivity index (χ0v) is 12.6. The van der Waals surface area contributed by atoms with Gasteiger partial charge in [-0.05, 0) is 61.7 Å². The summed E-state index contributed by atoms with van der Waals surface area (Å²) in [7, 11) is 0. The molecule has 2 aromatic carbocycles. The Labute approximate surface area is 129 Å². The number of rotatable bonds is 2. The molecule has 1 aromatic heterocycles. The first-order valence-corrected chi connectivity index (χ1v) is 7.72. The lowest BCUT2D eigenvalue weighted by Crippen LogP contribution is -2.18. The van der Waals surface area contributed by atoms with E-state index in [4.69, 9.17) is 0 Å². The molecule has 3 aromatic rings. The average Bonchev–Trinajstić information content (AvgIpc) is 3.16. The number of aromatic nitrogens is 2. The Balaban J connectivity index is 1.82. The minimum atomic E-state index is -0.229. The van der Waals surface area contributed by atoms with E-state index in [2.05, 4.69) is 29.1 Å². The van der Waals surface area contributed by atoms with Crippen LogP contribution in [0.15, 0.2) is 42.6 Å². The molecule has 0 radical (unpaired) electrons. The number of hydrogen-bond donors (Lipinski definition) is 0. The fourth-order valence-corrected chi connectivity index (χ4v) is 3.25. The third-order valence-electron chi connectivity index (χ3n) is 4.40. The van der Waals surface area contributed by atoms with E-state index in [1.165, 1.54) is 36.2 Å². The lowest BCUT2D eigenvalue weighted by atomic mass is 10.1. The molecular weight excluding hydrogens is 277 g/mol. The van der Waals surface area contributed by atoms with Crippen LogP contribution in [0.4, 0.5) is 10.1 Å². The summed E-state index contributed by atoms with van der Waals surface area (Å²) < 4.78 is 15.0. The molecule has 2 heterocycles. The van der Waals surface area contributed by atoms with Gasteiger partial charge in [-0.3, -0.25) is 0 Å². The first kappa shape index (κ1) is 13.3. The van der Waals surface area contributed by atoms with Crippen molar-refractivity contribution in [2.45, 2.75) is 19.8 Å². The SMILES string of the molecule is Cc1cc2c(cnn2-c2ccc(F)cc2)cc1N1CCCC1. The number of aryl methyl sites for hydroxylation is 1. The summed E-state index contributed by atoms with van der Waals surface area (Å²) in [6.45, 7) is 4.42. The summed E-state index contributed by atoms with van der Waals surface area (Å²) in [6, 6.07) is 10.8. The summed E-state index contributed by atoms with van der Waals surface area (Å²) in [5, 5.41) is 5.60. The molecule has 0 amide bonds. The maximum atomic E-state index is 13.1. The summed E-state index contributed by atoms with van der Waals surface area (Å²) in [6.07, 6.45) is 4.43. The van der Waals surface area contributed by atoms with Gasteiger partial charge < -0.3 is 4.90 Å². The number of hydrogen-bond acceptors (Lipinski definition) is 2.